The topological polar surface area (TPSA) is 94.6 Å². The van der Waals surface area contributed by atoms with Gasteiger partial charge in [0.25, 0.3) is 5.91 Å². The van der Waals surface area contributed by atoms with Crippen LogP contribution in [0.1, 0.15) is 43.6 Å². The summed E-state index contributed by atoms with van der Waals surface area (Å²) in [6, 6.07) is 3.99. The molecule has 4 N–H and O–H groups in total. The largest absolute Gasteiger partial charge is 0.416 e. The molecule has 7 nitrogen and oxygen atoms in total. The molecule has 0 bridgehead atoms. The molecular formula is C19H28F3N5O2. The van der Waals surface area contributed by atoms with Gasteiger partial charge in [0, 0.05) is 30.7 Å². The van der Waals surface area contributed by atoms with Crippen molar-refractivity contribution in [2.75, 3.05) is 26.2 Å². The average molecular weight is 415 g/mol. The Kier molecular flexibility index (Phi) is 8.93. The molecule has 0 radical (unpaired) electrons. The molecule has 1 aromatic rings. The van der Waals surface area contributed by atoms with Gasteiger partial charge in [-0.2, -0.15) is 13.2 Å². The first-order chi connectivity index (χ1) is 13.4. The highest BCUT2D eigenvalue weighted by molar-refractivity contribution is 5.94. The lowest BCUT2D eigenvalue weighted by Gasteiger charge is -2.20. The summed E-state index contributed by atoms with van der Waals surface area (Å²) in [4.78, 5) is 28.0. The highest BCUT2D eigenvalue weighted by Crippen LogP contribution is 2.28. The third-order valence-corrected chi connectivity index (χ3v) is 3.42. The fourth-order valence-electron chi connectivity index (χ4n) is 2.22. The Morgan fingerprint density at radius 3 is 2.07 bits per heavy atom. The minimum Gasteiger partial charge on any atom is -0.357 e. The molecule has 0 saturated heterocycles. The number of hydrogen-bond acceptors (Lipinski definition) is 3. The van der Waals surface area contributed by atoms with Crippen LogP contribution in [0.5, 0.6) is 0 Å². The number of carbonyl (C=O) groups is 2. The summed E-state index contributed by atoms with van der Waals surface area (Å²) in [6.07, 6.45) is -4.44. The third-order valence-electron chi connectivity index (χ3n) is 3.42. The molecule has 0 saturated carbocycles. The van der Waals surface area contributed by atoms with E-state index in [1.807, 2.05) is 27.7 Å². The maximum Gasteiger partial charge on any atom is 0.416 e. The summed E-state index contributed by atoms with van der Waals surface area (Å²) in [5.74, 6) is -0.280. The van der Waals surface area contributed by atoms with Crippen molar-refractivity contribution in [3.05, 3.63) is 35.4 Å². The Hall–Kier alpha value is -2.78. The number of guanidine groups is 1. The van der Waals surface area contributed by atoms with Crippen LogP contribution < -0.4 is 21.3 Å². The molecule has 0 spiro atoms. The van der Waals surface area contributed by atoms with Gasteiger partial charge in [-0.05, 0) is 52.0 Å². The van der Waals surface area contributed by atoms with Crippen LogP contribution in [0.3, 0.4) is 0 Å². The first kappa shape index (κ1) is 24.3. The predicted octanol–water partition coefficient (Wildman–Crippen LogP) is 1.91. The van der Waals surface area contributed by atoms with E-state index in [-0.39, 0.29) is 30.1 Å². The van der Waals surface area contributed by atoms with E-state index in [2.05, 4.69) is 26.3 Å². The van der Waals surface area contributed by atoms with E-state index in [4.69, 9.17) is 0 Å². The van der Waals surface area contributed by atoms with E-state index in [9.17, 15) is 22.8 Å². The van der Waals surface area contributed by atoms with E-state index in [1.54, 1.807) is 0 Å². The van der Waals surface area contributed by atoms with Crippen LogP contribution in [0.2, 0.25) is 0 Å². The molecule has 2 amide bonds. The molecule has 29 heavy (non-hydrogen) atoms. The van der Waals surface area contributed by atoms with Gasteiger partial charge < -0.3 is 21.3 Å². The zero-order valence-corrected chi connectivity index (χ0v) is 17.0. The van der Waals surface area contributed by atoms with E-state index < -0.39 is 17.6 Å². The lowest BCUT2D eigenvalue weighted by atomic mass is 10.1. The van der Waals surface area contributed by atoms with Crippen molar-refractivity contribution >= 4 is 17.8 Å². The molecule has 0 atom stereocenters. The van der Waals surface area contributed by atoms with Crippen LogP contribution in [-0.4, -0.2) is 49.5 Å². The second-order valence-corrected chi connectivity index (χ2v) is 7.25. The number of nitrogens with zero attached hydrogens (tertiary/aromatic N) is 1. The average Bonchev–Trinajstić information content (AvgIpc) is 2.60. The summed E-state index contributed by atoms with van der Waals surface area (Å²) in [6.45, 7) is 8.57. The second kappa shape index (κ2) is 10.7. The van der Waals surface area contributed by atoms with Crippen molar-refractivity contribution in [2.45, 2.75) is 39.4 Å². The van der Waals surface area contributed by atoms with Crippen molar-refractivity contribution in [2.24, 2.45) is 4.99 Å². The molecule has 1 rings (SSSR count). The van der Waals surface area contributed by atoms with E-state index in [0.29, 0.717) is 19.0 Å². The molecule has 0 aliphatic carbocycles. The van der Waals surface area contributed by atoms with Crippen LogP contribution >= 0.6 is 0 Å². The SMILES string of the molecule is CCNC(=NCC(=O)NC(C)(C)C)NCCNC(=O)c1ccc(C(F)(F)F)cc1. The smallest absolute Gasteiger partial charge is 0.357 e. The standard InChI is InChI=1S/C19H28F3N5O2/c1-5-23-17(26-12-15(28)27-18(2,3)4)25-11-10-24-16(29)13-6-8-14(9-7-13)19(20,21)22/h6-9H,5,10-12H2,1-4H3,(H,24,29)(H,27,28)(H2,23,25,26). The van der Waals surface area contributed by atoms with Gasteiger partial charge in [0.2, 0.25) is 5.91 Å². The summed E-state index contributed by atoms with van der Waals surface area (Å²) >= 11 is 0. The first-order valence-corrected chi connectivity index (χ1v) is 9.21. The van der Waals surface area contributed by atoms with Crippen LogP contribution in [0.4, 0.5) is 13.2 Å². The summed E-state index contributed by atoms with van der Waals surface area (Å²) in [5.41, 5.74) is -1.02. The van der Waals surface area contributed by atoms with Crippen LogP contribution in [-0.2, 0) is 11.0 Å². The number of benzene rings is 1. The van der Waals surface area contributed by atoms with Gasteiger partial charge in [-0.15, -0.1) is 0 Å². The molecule has 0 heterocycles. The molecule has 0 aliphatic heterocycles. The minimum atomic E-state index is -4.44. The number of amides is 2. The van der Waals surface area contributed by atoms with Gasteiger partial charge in [0.1, 0.15) is 6.54 Å². The molecule has 10 heteroatoms. The zero-order chi connectivity index (χ0) is 22.1. The number of aliphatic imine (C=N–C) groups is 1. The lowest BCUT2D eigenvalue weighted by Crippen LogP contribution is -2.44. The van der Waals surface area contributed by atoms with Crippen LogP contribution in [0.25, 0.3) is 0 Å². The summed E-state index contributed by atoms with van der Waals surface area (Å²) < 4.78 is 37.7. The van der Waals surface area contributed by atoms with Crippen LogP contribution in [0.15, 0.2) is 29.3 Å². The highest BCUT2D eigenvalue weighted by Gasteiger charge is 2.30. The Labute approximate surface area is 168 Å². The van der Waals surface area contributed by atoms with Gasteiger partial charge in [-0.1, -0.05) is 0 Å². The highest BCUT2D eigenvalue weighted by atomic mass is 19.4. The van der Waals surface area contributed by atoms with Gasteiger partial charge in [-0.3, -0.25) is 9.59 Å². The number of hydrogen-bond donors (Lipinski definition) is 4. The Bertz CT molecular complexity index is 710. The van der Waals surface area contributed by atoms with Gasteiger partial charge in [0.15, 0.2) is 5.96 Å². The summed E-state index contributed by atoms with van der Waals surface area (Å²) in [5, 5.41) is 11.4. The summed E-state index contributed by atoms with van der Waals surface area (Å²) in [7, 11) is 0. The van der Waals surface area contributed by atoms with Gasteiger partial charge in [0.05, 0.1) is 5.56 Å². The van der Waals surface area contributed by atoms with E-state index in [0.717, 1.165) is 24.3 Å². The quantitative estimate of drug-likeness (QED) is 0.311. The number of alkyl halides is 3. The van der Waals surface area contributed by atoms with Crippen molar-refractivity contribution < 1.29 is 22.8 Å². The van der Waals surface area contributed by atoms with Gasteiger partial charge in [-0.25, -0.2) is 4.99 Å². The normalized spacial score (nSPS) is 12.3. The molecule has 0 aromatic heterocycles. The second-order valence-electron chi connectivity index (χ2n) is 7.25. The molecule has 0 aliphatic rings. The van der Waals surface area contributed by atoms with Crippen molar-refractivity contribution in [1.29, 1.82) is 0 Å². The van der Waals surface area contributed by atoms with E-state index >= 15 is 0 Å². The monoisotopic (exact) mass is 415 g/mol. The van der Waals surface area contributed by atoms with Crippen LogP contribution in [0, 0.1) is 0 Å². The van der Waals surface area contributed by atoms with Gasteiger partial charge >= 0.3 is 6.18 Å². The maximum absolute atomic E-state index is 12.6. The number of rotatable bonds is 7. The molecule has 1 aromatic carbocycles. The van der Waals surface area contributed by atoms with Crippen molar-refractivity contribution in [1.82, 2.24) is 21.3 Å². The number of halogens is 3. The fraction of sp³-hybridized carbons (Fsp3) is 0.526. The first-order valence-electron chi connectivity index (χ1n) is 9.21. The zero-order valence-electron chi connectivity index (χ0n) is 17.0. The minimum absolute atomic E-state index is 0.0511. The van der Waals surface area contributed by atoms with Crippen molar-refractivity contribution in [3.8, 4) is 0 Å². The lowest BCUT2D eigenvalue weighted by molar-refractivity contribution is -0.137. The molecule has 162 valence electrons. The fourth-order valence-corrected chi connectivity index (χ4v) is 2.22. The maximum atomic E-state index is 12.6. The predicted molar refractivity (Wildman–Crippen MR) is 106 cm³/mol. The Balaban J connectivity index is 2.47. The van der Waals surface area contributed by atoms with Crippen molar-refractivity contribution in [3.63, 3.8) is 0 Å². The molecular weight excluding hydrogens is 387 g/mol. The van der Waals surface area contributed by atoms with E-state index in [1.165, 1.54) is 0 Å². The Morgan fingerprint density at radius 2 is 1.55 bits per heavy atom. The number of carbonyl (C=O) groups excluding carboxylic acids is 2. The Morgan fingerprint density at radius 1 is 0.966 bits per heavy atom. The molecule has 0 fully saturated rings. The number of nitrogens with one attached hydrogen (secondary N) is 4. The third kappa shape index (κ3) is 9.82. The molecule has 0 unspecified atom stereocenters.